The fraction of sp³-hybridized carbons (Fsp3) is 0.571. The Morgan fingerprint density at radius 3 is 2.67 bits per heavy atom. The van der Waals surface area contributed by atoms with Crippen LogP contribution in [-0.4, -0.2) is 32.8 Å². The van der Waals surface area contributed by atoms with E-state index in [2.05, 4.69) is 24.0 Å². The maximum absolute atomic E-state index is 6.26. The first-order chi connectivity index (χ1) is 8.72. The van der Waals surface area contributed by atoms with Gasteiger partial charge in [-0.05, 0) is 44.5 Å². The summed E-state index contributed by atoms with van der Waals surface area (Å²) >= 11 is 6.26. The number of ether oxygens (including phenoxy) is 1. The molecule has 1 rings (SSSR count). The molecule has 0 saturated carbocycles. The number of nitrogens with two attached hydrogens (primary N) is 1. The van der Waals surface area contributed by atoms with Gasteiger partial charge in [0.2, 0.25) is 0 Å². The van der Waals surface area contributed by atoms with Gasteiger partial charge in [-0.2, -0.15) is 0 Å². The van der Waals surface area contributed by atoms with Crippen LogP contribution < -0.4 is 10.6 Å². The molecule has 4 heteroatoms. The van der Waals surface area contributed by atoms with E-state index in [-0.39, 0.29) is 0 Å². The average Bonchev–Trinajstić information content (AvgIpc) is 2.37. The maximum atomic E-state index is 6.26. The van der Waals surface area contributed by atoms with Crippen molar-refractivity contribution < 1.29 is 4.74 Å². The van der Waals surface area contributed by atoms with E-state index in [1.807, 2.05) is 13.0 Å². The van der Waals surface area contributed by atoms with Crippen molar-refractivity contribution >= 4 is 17.3 Å². The Labute approximate surface area is 115 Å². The van der Waals surface area contributed by atoms with Crippen LogP contribution in [0.15, 0.2) is 18.2 Å². The van der Waals surface area contributed by atoms with E-state index in [4.69, 9.17) is 22.1 Å². The Kier molecular flexibility index (Phi) is 7.09. The van der Waals surface area contributed by atoms with Crippen molar-refractivity contribution in [2.45, 2.75) is 20.3 Å². The summed E-state index contributed by atoms with van der Waals surface area (Å²) in [6, 6.07) is 6.18. The topological polar surface area (TPSA) is 38.5 Å². The van der Waals surface area contributed by atoms with Crippen LogP contribution in [0.5, 0.6) is 0 Å². The van der Waals surface area contributed by atoms with Gasteiger partial charge in [-0.3, -0.25) is 0 Å². The predicted molar refractivity (Wildman–Crippen MR) is 78.6 cm³/mol. The van der Waals surface area contributed by atoms with Crippen LogP contribution in [0.3, 0.4) is 0 Å². The fourth-order valence-electron chi connectivity index (χ4n) is 1.88. The molecular weight excluding hydrogens is 248 g/mol. The average molecular weight is 271 g/mol. The molecule has 0 atom stereocenters. The number of nitrogens with zero attached hydrogens (tertiary/aromatic N) is 1. The molecule has 0 aliphatic carbocycles. The maximum Gasteiger partial charge on any atom is 0.0641 e. The lowest BCUT2D eigenvalue weighted by molar-refractivity contribution is 0.154. The molecule has 0 fully saturated rings. The molecule has 1 aromatic rings. The normalized spacial score (nSPS) is 10.7. The zero-order valence-corrected chi connectivity index (χ0v) is 12.0. The molecule has 3 nitrogen and oxygen atoms in total. The first kappa shape index (κ1) is 15.3. The largest absolute Gasteiger partial charge is 0.380 e. The van der Waals surface area contributed by atoms with Crippen LogP contribution in [0.1, 0.15) is 19.4 Å². The van der Waals surface area contributed by atoms with Crippen molar-refractivity contribution in [2.24, 2.45) is 5.73 Å². The van der Waals surface area contributed by atoms with Gasteiger partial charge in [0.25, 0.3) is 0 Å². The van der Waals surface area contributed by atoms with E-state index in [0.29, 0.717) is 6.54 Å². The summed E-state index contributed by atoms with van der Waals surface area (Å²) in [4.78, 5) is 2.26. The van der Waals surface area contributed by atoms with Gasteiger partial charge in [-0.15, -0.1) is 0 Å². The highest BCUT2D eigenvalue weighted by molar-refractivity contribution is 6.31. The minimum atomic E-state index is 0.626. The molecule has 2 N–H and O–H groups in total. The Bertz CT molecular complexity index is 358. The van der Waals surface area contributed by atoms with Crippen LogP contribution in [0.25, 0.3) is 0 Å². The number of hydrogen-bond donors (Lipinski definition) is 1. The van der Waals surface area contributed by atoms with Crippen LogP contribution >= 0.6 is 11.6 Å². The summed E-state index contributed by atoms with van der Waals surface area (Å²) in [5, 5.41) is 0.799. The lowest BCUT2D eigenvalue weighted by Gasteiger charge is -2.23. The summed E-state index contributed by atoms with van der Waals surface area (Å²) in [6.07, 6.45) is 0.824. The van der Waals surface area contributed by atoms with Crippen LogP contribution in [0, 0.1) is 0 Å². The molecule has 0 radical (unpaired) electrons. The zero-order valence-electron chi connectivity index (χ0n) is 11.3. The lowest BCUT2D eigenvalue weighted by Crippen LogP contribution is -2.27. The summed E-state index contributed by atoms with van der Waals surface area (Å²) in [6.45, 7) is 8.10. The van der Waals surface area contributed by atoms with Crippen molar-refractivity contribution in [3.05, 3.63) is 28.8 Å². The Hall–Kier alpha value is -0.770. The van der Waals surface area contributed by atoms with Crippen LogP contribution in [0.4, 0.5) is 5.69 Å². The van der Waals surface area contributed by atoms with Crippen molar-refractivity contribution in [1.82, 2.24) is 0 Å². The van der Waals surface area contributed by atoms with Gasteiger partial charge in [0, 0.05) is 30.4 Å². The van der Waals surface area contributed by atoms with Crippen LogP contribution in [0.2, 0.25) is 5.02 Å². The molecule has 0 amide bonds. The van der Waals surface area contributed by atoms with Gasteiger partial charge in [0.05, 0.1) is 6.61 Å². The first-order valence-corrected chi connectivity index (χ1v) is 6.91. The molecule has 18 heavy (non-hydrogen) atoms. The van der Waals surface area contributed by atoms with Crippen molar-refractivity contribution in [1.29, 1.82) is 0 Å². The van der Waals surface area contributed by atoms with Crippen molar-refractivity contribution in [2.75, 3.05) is 37.7 Å². The highest BCUT2D eigenvalue weighted by atomic mass is 35.5. The minimum Gasteiger partial charge on any atom is -0.380 e. The van der Waals surface area contributed by atoms with Crippen LogP contribution in [-0.2, 0) is 11.2 Å². The second-order valence-corrected chi connectivity index (χ2v) is 4.50. The number of likely N-dealkylation sites (N-methyl/N-ethyl adjacent to an activating group) is 1. The smallest absolute Gasteiger partial charge is 0.0641 e. The molecule has 0 aliphatic rings. The number of benzene rings is 1. The molecule has 102 valence electrons. The summed E-state index contributed by atoms with van der Waals surface area (Å²) in [5.74, 6) is 0. The number of anilines is 1. The van der Waals surface area contributed by atoms with Gasteiger partial charge in [0.1, 0.15) is 0 Å². The third kappa shape index (κ3) is 4.48. The monoisotopic (exact) mass is 270 g/mol. The molecule has 0 spiro atoms. The standard InChI is InChI=1S/C14H23ClN2O/c1-3-17(9-10-18-4-2)13-6-5-12(7-8-16)14(15)11-13/h5-6,11H,3-4,7-10,16H2,1-2H3. The molecule has 0 saturated heterocycles. The molecular formula is C14H23ClN2O. The highest BCUT2D eigenvalue weighted by Gasteiger charge is 2.07. The second-order valence-electron chi connectivity index (χ2n) is 4.09. The van der Waals surface area contributed by atoms with Gasteiger partial charge in [0.15, 0.2) is 0 Å². The van der Waals surface area contributed by atoms with Gasteiger partial charge in [-0.1, -0.05) is 17.7 Å². The van der Waals surface area contributed by atoms with Crippen molar-refractivity contribution in [3.63, 3.8) is 0 Å². The molecule has 0 aromatic heterocycles. The van der Waals surface area contributed by atoms with Gasteiger partial charge in [-0.25, -0.2) is 0 Å². The van der Waals surface area contributed by atoms with Gasteiger partial charge < -0.3 is 15.4 Å². The summed E-state index contributed by atoms with van der Waals surface area (Å²) in [7, 11) is 0. The molecule has 0 bridgehead atoms. The highest BCUT2D eigenvalue weighted by Crippen LogP contribution is 2.23. The van der Waals surface area contributed by atoms with Gasteiger partial charge >= 0.3 is 0 Å². The Morgan fingerprint density at radius 1 is 1.33 bits per heavy atom. The molecule has 1 aromatic carbocycles. The quantitative estimate of drug-likeness (QED) is 0.738. The zero-order chi connectivity index (χ0) is 13.4. The fourth-order valence-corrected chi connectivity index (χ4v) is 2.15. The van der Waals surface area contributed by atoms with E-state index in [9.17, 15) is 0 Å². The summed E-state index contributed by atoms with van der Waals surface area (Å²) < 4.78 is 5.39. The molecule has 0 unspecified atom stereocenters. The van der Waals surface area contributed by atoms with E-state index >= 15 is 0 Å². The predicted octanol–water partition coefficient (Wildman–Crippen LogP) is 2.70. The number of halogens is 1. The van der Waals surface area contributed by atoms with E-state index in [1.54, 1.807) is 0 Å². The first-order valence-electron chi connectivity index (χ1n) is 6.54. The Balaban J connectivity index is 2.71. The SMILES string of the molecule is CCOCCN(CC)c1ccc(CCN)c(Cl)c1. The third-order valence-corrected chi connectivity index (χ3v) is 3.26. The Morgan fingerprint density at radius 2 is 2.11 bits per heavy atom. The van der Waals surface area contributed by atoms with E-state index in [1.165, 1.54) is 0 Å². The summed E-state index contributed by atoms with van der Waals surface area (Å²) in [5.41, 5.74) is 7.81. The van der Waals surface area contributed by atoms with E-state index in [0.717, 1.165) is 49.0 Å². The van der Waals surface area contributed by atoms with E-state index < -0.39 is 0 Å². The number of hydrogen-bond acceptors (Lipinski definition) is 3. The van der Waals surface area contributed by atoms with Crippen molar-refractivity contribution in [3.8, 4) is 0 Å². The second kappa shape index (κ2) is 8.35. The molecule has 0 heterocycles. The lowest BCUT2D eigenvalue weighted by atomic mass is 10.1. The third-order valence-electron chi connectivity index (χ3n) is 2.91. The molecule has 0 aliphatic heterocycles. The number of rotatable bonds is 8. The minimum absolute atomic E-state index is 0.626.